The van der Waals surface area contributed by atoms with Gasteiger partial charge in [-0.3, -0.25) is 71.9 Å². The topological polar surface area (TPSA) is 643 Å². The number of amides is 15. The molecule has 38 heteroatoms. The molecule has 0 radical (unpaired) electrons. The van der Waals surface area contributed by atoms with Gasteiger partial charge in [-0.2, -0.15) is 0 Å². The van der Waals surface area contributed by atoms with Gasteiger partial charge in [0.05, 0.1) is 25.5 Å². The SMILES string of the molecule is CC[C@H](C)[C@H](NC(=O)[C@H](C)NC(=O)[C@@H](NC(=O)CNC(=O)[C@@H](NC(=O)[C@H](CCCCN)NC(=O)[C@H](CO)NC(=O)[C@@H](N)CCCCN)C(C)C)C(C)C)C(=O)N[C@@H](CCC(N)=O)C(=O)N[C@@H](CC(C)C)C(=O)N[C@@H](Cc1ccccc1)C(=O)N[C@@H](Cc1cnc[nH]1)C(=O)N[C@@H](CCCCN)C(=O)N[C@@H](CCCCN)C(N)=O. The minimum absolute atomic E-state index is 0.0428. The number of rotatable bonds is 57. The van der Waals surface area contributed by atoms with Crippen molar-refractivity contribution in [1.82, 2.24) is 79.1 Å². The summed E-state index contributed by atoms with van der Waals surface area (Å²) < 4.78 is 0. The zero-order chi connectivity index (χ0) is 84.2. The van der Waals surface area contributed by atoms with Crippen LogP contribution in [0, 0.1) is 23.7 Å². The normalized spacial score (nSPS) is 15.1. The van der Waals surface area contributed by atoms with Gasteiger partial charge in [-0.25, -0.2) is 4.98 Å². The number of aromatic amines is 1. The smallest absolute Gasteiger partial charge is 0.245 e. The molecule has 630 valence electrons. The molecule has 0 bridgehead atoms. The first kappa shape index (κ1) is 98.3. The van der Waals surface area contributed by atoms with Crippen molar-refractivity contribution < 1.29 is 77.0 Å². The van der Waals surface area contributed by atoms with Crippen molar-refractivity contribution in [2.75, 3.05) is 39.3 Å². The highest BCUT2D eigenvalue weighted by atomic mass is 16.3. The monoisotopic (exact) mass is 1580 g/mol. The zero-order valence-electron chi connectivity index (χ0n) is 66.4. The molecule has 1 aromatic heterocycles. The summed E-state index contributed by atoms with van der Waals surface area (Å²) in [6, 6.07) is -8.74. The Morgan fingerprint density at radius 2 is 0.857 bits per heavy atom. The maximum absolute atomic E-state index is 14.8. The fourth-order valence-corrected chi connectivity index (χ4v) is 11.6. The van der Waals surface area contributed by atoms with Crippen LogP contribution in [-0.4, -0.2) is 222 Å². The number of hydrogen-bond donors (Lipinski definition) is 22. The van der Waals surface area contributed by atoms with Gasteiger partial charge in [0.15, 0.2) is 0 Å². The van der Waals surface area contributed by atoms with Gasteiger partial charge in [-0.05, 0) is 146 Å². The van der Waals surface area contributed by atoms with Crippen LogP contribution in [0.25, 0.3) is 0 Å². The van der Waals surface area contributed by atoms with Crippen molar-refractivity contribution in [3.8, 4) is 0 Å². The number of primary amides is 2. The Balaban J connectivity index is 2.38. The summed E-state index contributed by atoms with van der Waals surface area (Å²) in [7, 11) is 0. The summed E-state index contributed by atoms with van der Waals surface area (Å²) in [6.45, 7) is 14.4. The highest BCUT2D eigenvalue weighted by Crippen LogP contribution is 2.16. The van der Waals surface area contributed by atoms with Crippen LogP contribution in [0.1, 0.15) is 176 Å². The van der Waals surface area contributed by atoms with Crippen LogP contribution in [0.15, 0.2) is 42.9 Å². The number of H-pyrrole nitrogens is 1. The van der Waals surface area contributed by atoms with Gasteiger partial charge in [0, 0.05) is 31.2 Å². The van der Waals surface area contributed by atoms with E-state index >= 15 is 0 Å². The Morgan fingerprint density at radius 1 is 0.438 bits per heavy atom. The number of nitrogens with zero attached hydrogens (tertiary/aromatic N) is 1. The second kappa shape index (κ2) is 53.2. The maximum atomic E-state index is 14.8. The third-order valence-electron chi connectivity index (χ3n) is 18.5. The van der Waals surface area contributed by atoms with E-state index in [1.54, 1.807) is 85.7 Å². The highest BCUT2D eigenvalue weighted by molar-refractivity contribution is 6.00. The van der Waals surface area contributed by atoms with Crippen LogP contribution in [0.5, 0.6) is 0 Å². The summed E-state index contributed by atoms with van der Waals surface area (Å²) >= 11 is 0. The van der Waals surface area contributed by atoms with Crippen molar-refractivity contribution in [3.63, 3.8) is 0 Å². The quantitative estimate of drug-likeness (QED) is 0.0276. The van der Waals surface area contributed by atoms with Crippen LogP contribution in [-0.2, 0) is 84.8 Å². The lowest BCUT2D eigenvalue weighted by molar-refractivity contribution is -0.136. The van der Waals surface area contributed by atoms with Crippen molar-refractivity contribution in [1.29, 1.82) is 0 Å². The number of imidazole rings is 1. The largest absolute Gasteiger partial charge is 0.394 e. The molecule has 0 aliphatic carbocycles. The lowest BCUT2D eigenvalue weighted by Gasteiger charge is -2.30. The maximum Gasteiger partial charge on any atom is 0.245 e. The Hall–Kier alpha value is -9.76. The minimum atomic E-state index is -1.58. The third-order valence-corrected chi connectivity index (χ3v) is 18.5. The Labute approximate surface area is 655 Å². The Bertz CT molecular complexity index is 3310. The summed E-state index contributed by atoms with van der Waals surface area (Å²) in [5.41, 5.74) is 40.8. The molecule has 14 atom stereocenters. The van der Waals surface area contributed by atoms with E-state index in [1.807, 2.05) is 0 Å². The summed E-state index contributed by atoms with van der Waals surface area (Å²) in [4.78, 5) is 214. The highest BCUT2D eigenvalue weighted by Gasteiger charge is 2.38. The van der Waals surface area contributed by atoms with E-state index in [1.165, 1.54) is 19.4 Å². The van der Waals surface area contributed by atoms with Crippen LogP contribution < -0.4 is 109 Å². The molecule has 0 aliphatic rings. The molecule has 2 aromatic rings. The van der Waals surface area contributed by atoms with E-state index in [0.29, 0.717) is 75.7 Å². The van der Waals surface area contributed by atoms with Gasteiger partial charge in [0.2, 0.25) is 88.6 Å². The molecule has 0 saturated heterocycles. The molecule has 112 heavy (non-hydrogen) atoms. The lowest BCUT2D eigenvalue weighted by atomic mass is 9.96. The summed E-state index contributed by atoms with van der Waals surface area (Å²) in [6.07, 6.45) is 6.33. The molecular weight excluding hydrogens is 1450 g/mol. The van der Waals surface area contributed by atoms with Gasteiger partial charge in [0.25, 0.3) is 0 Å². The number of aliphatic hydroxyl groups is 1. The first-order valence-corrected chi connectivity index (χ1v) is 38.7. The molecular formula is C74H128N22O16. The van der Waals surface area contributed by atoms with Crippen molar-refractivity contribution in [2.24, 2.45) is 63.8 Å². The summed E-state index contributed by atoms with van der Waals surface area (Å²) in [5.74, 6) is -14.7. The number of unbranched alkanes of at least 4 members (excludes halogenated alkanes) is 4. The van der Waals surface area contributed by atoms with Crippen molar-refractivity contribution in [3.05, 3.63) is 54.1 Å². The average Bonchev–Trinajstić information content (AvgIpc) is 1.37. The fraction of sp³-hybridized carbons (Fsp3) is 0.676. The predicted octanol–water partition coefficient (Wildman–Crippen LogP) is -4.86. The van der Waals surface area contributed by atoms with Crippen molar-refractivity contribution in [2.45, 2.75) is 256 Å². The number of benzene rings is 1. The minimum Gasteiger partial charge on any atom is -0.394 e. The third kappa shape index (κ3) is 37.0. The number of aliphatic hydroxyl groups excluding tert-OH is 1. The van der Waals surface area contributed by atoms with E-state index in [9.17, 15) is 77.0 Å². The molecule has 0 fully saturated rings. The second-order valence-corrected chi connectivity index (χ2v) is 29.3. The lowest BCUT2D eigenvalue weighted by Crippen LogP contribution is -2.61. The van der Waals surface area contributed by atoms with E-state index in [2.05, 4.69) is 79.1 Å². The average molecular weight is 1580 g/mol. The molecule has 1 aromatic carbocycles. The molecule has 38 nitrogen and oxygen atoms in total. The first-order chi connectivity index (χ1) is 53.1. The number of carbonyl (C=O) groups excluding carboxylic acids is 15. The predicted molar refractivity (Wildman–Crippen MR) is 417 cm³/mol. The molecule has 29 N–H and O–H groups in total. The Morgan fingerprint density at radius 3 is 1.34 bits per heavy atom. The standard InChI is InChI=1S/C74H128N22O16/c1-10-44(8)61(96-63(101)45(9)85-73(111)60(43(6)7)94-58(99)38-83-72(110)59(42(4)5)95-67(105)51(27-17-21-33-78)88-71(109)56(39-97)93-64(102)48(79)24-14-18-30-75)74(112)89-52(28-29-57(80)98)66(104)90-53(34-41(2)3)68(106)91-54(35-46-22-12-11-13-23-46)69(107)92-55(36-47-37-82-40-84-47)70(108)87-50(26-16-20-32-77)65(103)86-49(62(81)100)25-15-19-31-76/h11-13,22-23,37,40-45,48-56,59-61,97H,10,14-21,24-36,38-39,75-79H2,1-9H3,(H2,80,98)(H2,81,100)(H,82,84)(H,83,110)(H,85,111)(H,86,103)(H,87,108)(H,88,109)(H,89,112)(H,90,104)(H,91,106)(H,92,107)(H,93,102)(H,94,99)(H,95,105)(H,96,101)/t44-,45-,48-,49-,50-,51-,52-,53-,54-,55-,56-,59-,60-,61-/m0/s1. The molecule has 2 rings (SSSR count). The molecule has 0 saturated carbocycles. The molecule has 0 aliphatic heterocycles. The number of hydrogen-bond acceptors (Lipinski definition) is 22. The Kier molecular flexibility index (Phi) is 46.7. The van der Waals surface area contributed by atoms with Crippen molar-refractivity contribution >= 4 is 88.6 Å². The van der Waals surface area contributed by atoms with E-state index < -0.39 is 211 Å². The van der Waals surface area contributed by atoms with Gasteiger partial charge in [0.1, 0.15) is 72.5 Å². The van der Waals surface area contributed by atoms with E-state index in [-0.39, 0.29) is 70.4 Å². The second-order valence-electron chi connectivity index (χ2n) is 29.3. The zero-order valence-corrected chi connectivity index (χ0v) is 66.4. The van der Waals surface area contributed by atoms with E-state index in [0.717, 1.165) is 0 Å². The van der Waals surface area contributed by atoms with Crippen LogP contribution in [0.3, 0.4) is 0 Å². The van der Waals surface area contributed by atoms with Crippen LogP contribution in [0.4, 0.5) is 0 Å². The first-order valence-electron chi connectivity index (χ1n) is 38.7. The number of aromatic nitrogens is 2. The summed E-state index contributed by atoms with van der Waals surface area (Å²) in [5, 5.41) is 43.9. The van der Waals surface area contributed by atoms with Crippen LogP contribution in [0.2, 0.25) is 0 Å². The number of nitrogens with one attached hydrogen (secondary N) is 14. The molecule has 0 spiro atoms. The molecule has 15 amide bonds. The van der Waals surface area contributed by atoms with Crippen LogP contribution >= 0.6 is 0 Å². The van der Waals surface area contributed by atoms with E-state index in [4.69, 9.17) is 40.1 Å². The number of nitrogens with two attached hydrogens (primary N) is 7. The number of carbonyl (C=O) groups is 15. The van der Waals surface area contributed by atoms with Gasteiger partial charge in [-0.1, -0.05) is 98.6 Å². The van der Waals surface area contributed by atoms with Gasteiger partial charge in [-0.15, -0.1) is 0 Å². The van der Waals surface area contributed by atoms with Gasteiger partial charge < -0.3 is 119 Å². The van der Waals surface area contributed by atoms with Gasteiger partial charge >= 0.3 is 0 Å². The fourth-order valence-electron chi connectivity index (χ4n) is 11.6. The molecule has 0 unspecified atom stereocenters. The molecule has 1 heterocycles.